The van der Waals surface area contributed by atoms with E-state index in [1.807, 2.05) is 31.2 Å². The molecule has 1 heterocycles. The maximum Gasteiger partial charge on any atom is 0.251 e. The number of aliphatic imine (C=N–C) groups is 1. The van der Waals surface area contributed by atoms with Gasteiger partial charge in [-0.15, -0.1) is 24.0 Å². The summed E-state index contributed by atoms with van der Waals surface area (Å²) in [4.78, 5) is 19.1. The summed E-state index contributed by atoms with van der Waals surface area (Å²) >= 11 is 0. The van der Waals surface area contributed by atoms with Gasteiger partial charge in [-0.05, 0) is 44.9 Å². The number of nitrogens with one attached hydrogen (secondary N) is 3. The van der Waals surface area contributed by atoms with Gasteiger partial charge in [-0.3, -0.25) is 14.7 Å². The lowest BCUT2D eigenvalue weighted by Crippen LogP contribution is -2.56. The van der Waals surface area contributed by atoms with Gasteiger partial charge in [0, 0.05) is 50.4 Å². The van der Waals surface area contributed by atoms with E-state index in [0.717, 1.165) is 50.8 Å². The second-order valence-electron chi connectivity index (χ2n) is 8.17. The third-order valence-electron chi connectivity index (χ3n) is 5.42. The first-order valence-electron chi connectivity index (χ1n) is 10.5. The third kappa shape index (κ3) is 8.39. The number of nitrogens with zero attached hydrogens (tertiary/aromatic N) is 2. The van der Waals surface area contributed by atoms with Gasteiger partial charge >= 0.3 is 0 Å². The van der Waals surface area contributed by atoms with Crippen LogP contribution in [0.2, 0.25) is 0 Å². The normalized spacial score (nSPS) is 16.4. The average molecular weight is 531 g/mol. The Morgan fingerprint density at radius 3 is 2.60 bits per heavy atom. The molecule has 0 bridgehead atoms. The van der Waals surface area contributed by atoms with Gasteiger partial charge < -0.3 is 20.7 Å². The second-order valence-corrected chi connectivity index (χ2v) is 8.17. The summed E-state index contributed by atoms with van der Waals surface area (Å²) in [6.07, 6.45) is 0.912. The van der Waals surface area contributed by atoms with E-state index in [-0.39, 0.29) is 41.5 Å². The van der Waals surface area contributed by atoms with E-state index in [4.69, 9.17) is 4.74 Å². The number of guanidine groups is 1. The molecular weight excluding hydrogens is 493 g/mol. The zero-order chi connectivity index (χ0) is 21.3. The van der Waals surface area contributed by atoms with Crippen molar-refractivity contribution in [2.45, 2.75) is 52.2 Å². The summed E-state index contributed by atoms with van der Waals surface area (Å²) in [6, 6.07) is 7.87. The molecule has 0 aliphatic carbocycles. The fourth-order valence-electron chi connectivity index (χ4n) is 3.22. The van der Waals surface area contributed by atoms with Crippen molar-refractivity contribution in [3.05, 3.63) is 35.4 Å². The lowest BCUT2D eigenvalue weighted by Gasteiger charge is -2.41. The molecule has 1 aromatic rings. The van der Waals surface area contributed by atoms with Crippen molar-refractivity contribution in [1.29, 1.82) is 0 Å². The minimum Gasteiger partial charge on any atom is -0.379 e. The zero-order valence-corrected chi connectivity index (χ0v) is 21.3. The molecule has 1 saturated heterocycles. The van der Waals surface area contributed by atoms with E-state index in [0.29, 0.717) is 12.1 Å². The van der Waals surface area contributed by atoms with Crippen molar-refractivity contribution < 1.29 is 9.53 Å². The molecule has 1 fully saturated rings. The molecule has 1 unspecified atom stereocenters. The Morgan fingerprint density at radius 1 is 1.27 bits per heavy atom. The van der Waals surface area contributed by atoms with Gasteiger partial charge in [-0.25, -0.2) is 0 Å². The van der Waals surface area contributed by atoms with Crippen molar-refractivity contribution in [1.82, 2.24) is 20.9 Å². The fraction of sp³-hybridized carbons (Fsp3) is 0.636. The second kappa shape index (κ2) is 13.1. The van der Waals surface area contributed by atoms with Crippen LogP contribution in [0.4, 0.5) is 0 Å². The number of morpholine rings is 1. The molecule has 8 heteroatoms. The van der Waals surface area contributed by atoms with Crippen molar-refractivity contribution in [3.8, 4) is 0 Å². The van der Waals surface area contributed by atoms with Gasteiger partial charge in [0.1, 0.15) is 0 Å². The van der Waals surface area contributed by atoms with Gasteiger partial charge in [0.05, 0.1) is 13.2 Å². The molecular formula is C22H38IN5O2. The fourth-order valence-corrected chi connectivity index (χ4v) is 3.22. The standard InChI is InChI=1S/C22H37N5O2.HI/c1-6-17(2)26-20(28)19-9-7-8-18(14-19)15-24-21(23-5)25-16-22(3,4)27-10-12-29-13-11-27;/h7-9,14,17H,6,10-13,15-16H2,1-5H3,(H,26,28)(H2,23,24,25);1H. The largest absolute Gasteiger partial charge is 0.379 e. The molecule has 0 radical (unpaired) electrons. The Hall–Kier alpha value is -1.39. The molecule has 1 aliphatic heterocycles. The predicted molar refractivity (Wildman–Crippen MR) is 134 cm³/mol. The SMILES string of the molecule is CCC(C)NC(=O)c1cccc(CNC(=NC)NCC(C)(C)N2CCOCC2)c1.I. The number of carbonyl (C=O) groups is 1. The topological polar surface area (TPSA) is 78.0 Å². The average Bonchev–Trinajstić information content (AvgIpc) is 2.74. The third-order valence-corrected chi connectivity index (χ3v) is 5.42. The molecule has 2 rings (SSSR count). The molecule has 1 aromatic carbocycles. The van der Waals surface area contributed by atoms with E-state index >= 15 is 0 Å². The van der Waals surface area contributed by atoms with Crippen LogP contribution in [0.15, 0.2) is 29.3 Å². The van der Waals surface area contributed by atoms with E-state index in [1.54, 1.807) is 7.05 Å². The highest BCUT2D eigenvalue weighted by Gasteiger charge is 2.28. The number of benzene rings is 1. The summed E-state index contributed by atoms with van der Waals surface area (Å²) in [5.74, 6) is 0.719. The van der Waals surface area contributed by atoms with E-state index < -0.39 is 0 Å². The summed E-state index contributed by atoms with van der Waals surface area (Å²) in [5, 5.41) is 9.78. The van der Waals surface area contributed by atoms with Crippen LogP contribution in [-0.4, -0.2) is 68.2 Å². The van der Waals surface area contributed by atoms with Crippen LogP contribution in [0.25, 0.3) is 0 Å². The van der Waals surface area contributed by atoms with Crippen LogP contribution in [-0.2, 0) is 11.3 Å². The Labute approximate surface area is 198 Å². The van der Waals surface area contributed by atoms with Crippen molar-refractivity contribution >= 4 is 35.8 Å². The quantitative estimate of drug-likeness (QED) is 0.273. The minimum atomic E-state index is -0.0315. The summed E-state index contributed by atoms with van der Waals surface area (Å²) in [7, 11) is 1.77. The van der Waals surface area contributed by atoms with Crippen molar-refractivity contribution in [2.75, 3.05) is 39.9 Å². The Balaban J connectivity index is 0.00000450. The van der Waals surface area contributed by atoms with Crippen LogP contribution in [0, 0.1) is 0 Å². The first-order valence-corrected chi connectivity index (χ1v) is 10.5. The number of hydrogen-bond acceptors (Lipinski definition) is 4. The van der Waals surface area contributed by atoms with Crippen LogP contribution >= 0.6 is 24.0 Å². The molecule has 30 heavy (non-hydrogen) atoms. The highest BCUT2D eigenvalue weighted by Crippen LogP contribution is 2.15. The molecule has 170 valence electrons. The highest BCUT2D eigenvalue weighted by atomic mass is 127. The van der Waals surface area contributed by atoms with Gasteiger partial charge in [0.15, 0.2) is 5.96 Å². The van der Waals surface area contributed by atoms with E-state index in [9.17, 15) is 4.79 Å². The summed E-state index contributed by atoms with van der Waals surface area (Å²) < 4.78 is 5.46. The maximum absolute atomic E-state index is 12.3. The Morgan fingerprint density at radius 2 is 1.97 bits per heavy atom. The molecule has 0 saturated carbocycles. The van der Waals surface area contributed by atoms with Crippen molar-refractivity contribution in [3.63, 3.8) is 0 Å². The lowest BCUT2D eigenvalue weighted by atomic mass is 10.0. The minimum absolute atomic E-state index is 0. The van der Waals surface area contributed by atoms with Crippen LogP contribution in [0.1, 0.15) is 50.0 Å². The number of hydrogen-bond donors (Lipinski definition) is 3. The number of halogens is 1. The molecule has 7 nitrogen and oxygen atoms in total. The predicted octanol–water partition coefficient (Wildman–Crippen LogP) is 2.61. The molecule has 0 aromatic heterocycles. The van der Waals surface area contributed by atoms with Gasteiger partial charge in [-0.2, -0.15) is 0 Å². The van der Waals surface area contributed by atoms with E-state index in [1.165, 1.54) is 0 Å². The molecule has 1 aliphatic rings. The van der Waals surface area contributed by atoms with Gasteiger partial charge in [0.25, 0.3) is 5.91 Å². The Kier molecular flexibility index (Phi) is 11.6. The summed E-state index contributed by atoms with van der Waals surface area (Å²) in [6.45, 7) is 13.4. The number of amides is 1. The van der Waals surface area contributed by atoms with Crippen LogP contribution in [0.3, 0.4) is 0 Å². The Bertz CT molecular complexity index is 690. The number of ether oxygens (including phenoxy) is 1. The first-order chi connectivity index (χ1) is 13.9. The van der Waals surface area contributed by atoms with Gasteiger partial charge in [0.2, 0.25) is 0 Å². The molecule has 1 amide bonds. The molecule has 1 atom stereocenters. The first kappa shape index (κ1) is 26.6. The maximum atomic E-state index is 12.3. The number of rotatable bonds is 8. The summed E-state index contributed by atoms with van der Waals surface area (Å²) in [5.41, 5.74) is 1.73. The highest BCUT2D eigenvalue weighted by molar-refractivity contribution is 14.0. The molecule has 0 spiro atoms. The zero-order valence-electron chi connectivity index (χ0n) is 19.0. The molecule has 3 N–H and O–H groups in total. The van der Waals surface area contributed by atoms with Gasteiger partial charge in [-0.1, -0.05) is 19.1 Å². The van der Waals surface area contributed by atoms with Crippen LogP contribution < -0.4 is 16.0 Å². The lowest BCUT2D eigenvalue weighted by molar-refractivity contribution is -0.00834. The smallest absolute Gasteiger partial charge is 0.251 e. The van der Waals surface area contributed by atoms with Crippen LogP contribution in [0.5, 0.6) is 0 Å². The number of carbonyl (C=O) groups excluding carboxylic acids is 1. The monoisotopic (exact) mass is 531 g/mol. The van der Waals surface area contributed by atoms with Crippen molar-refractivity contribution in [2.24, 2.45) is 4.99 Å². The van der Waals surface area contributed by atoms with E-state index in [2.05, 4.69) is 46.6 Å².